The van der Waals surface area contributed by atoms with Gasteiger partial charge in [0.05, 0.1) is 28.3 Å². The lowest BCUT2D eigenvalue weighted by atomic mass is 9.89. The Morgan fingerprint density at radius 3 is 2.23 bits per heavy atom. The van der Waals surface area contributed by atoms with Gasteiger partial charge in [-0.2, -0.15) is 0 Å². The van der Waals surface area contributed by atoms with Gasteiger partial charge in [-0.05, 0) is 89.0 Å². The maximum atomic E-state index is 6.53. The zero-order valence-corrected chi connectivity index (χ0v) is 30.7. The first-order valence-electron chi connectivity index (χ1n) is 19.6. The van der Waals surface area contributed by atoms with Gasteiger partial charge in [-0.15, -0.1) is 0 Å². The van der Waals surface area contributed by atoms with Crippen molar-refractivity contribution in [3.63, 3.8) is 0 Å². The van der Waals surface area contributed by atoms with E-state index in [0.717, 1.165) is 93.9 Å². The van der Waals surface area contributed by atoms with Crippen molar-refractivity contribution in [1.82, 2.24) is 14.5 Å². The highest BCUT2D eigenvalue weighted by atomic mass is 16.3. The molecule has 0 saturated heterocycles. The summed E-state index contributed by atoms with van der Waals surface area (Å²) in [5.74, 6) is 0.656. The third kappa shape index (κ3) is 4.34. The quantitative estimate of drug-likeness (QED) is 0.170. The van der Waals surface area contributed by atoms with Crippen LogP contribution < -0.4 is 4.90 Å². The van der Waals surface area contributed by atoms with Crippen LogP contribution in [0.2, 0.25) is 0 Å². The second kappa shape index (κ2) is 11.5. The molecule has 4 heterocycles. The monoisotopic (exact) mass is 728 g/mol. The lowest BCUT2D eigenvalue weighted by Crippen LogP contribution is -2.27. The summed E-state index contributed by atoms with van der Waals surface area (Å²) >= 11 is 0. The van der Waals surface area contributed by atoms with Gasteiger partial charge in [0.25, 0.3) is 0 Å². The van der Waals surface area contributed by atoms with Gasteiger partial charge in [-0.25, -0.2) is 9.97 Å². The SMILES string of the molecule is C1=C(c2nc(-n3c4ccccc4c4cc5c(ccc6c7ccccc7oc56)cc43)nc3c2ccc2ccccc23)C=C2c3ccccc3N(c3ccccc3)C2C1. The molecule has 0 bridgehead atoms. The number of fused-ring (bicyclic) bond motifs is 14. The number of rotatable bonds is 3. The van der Waals surface area contributed by atoms with E-state index in [1.807, 2.05) is 12.1 Å². The molecule has 1 aliphatic carbocycles. The molecule has 0 radical (unpaired) electrons. The minimum atomic E-state index is 0.200. The van der Waals surface area contributed by atoms with E-state index in [2.05, 4.69) is 173 Å². The van der Waals surface area contributed by atoms with Crippen LogP contribution in [0, 0.1) is 0 Å². The molecule has 57 heavy (non-hydrogen) atoms. The third-order valence-corrected chi connectivity index (χ3v) is 12.3. The van der Waals surface area contributed by atoms with Crippen molar-refractivity contribution >= 4 is 98.7 Å². The van der Waals surface area contributed by atoms with E-state index in [1.165, 1.54) is 22.5 Å². The molecule has 1 aliphatic heterocycles. The van der Waals surface area contributed by atoms with Crippen LogP contribution in [0.1, 0.15) is 17.7 Å². The predicted octanol–water partition coefficient (Wildman–Crippen LogP) is 13.3. The Morgan fingerprint density at radius 1 is 0.544 bits per heavy atom. The molecule has 0 fully saturated rings. The highest BCUT2D eigenvalue weighted by Gasteiger charge is 2.36. The molecule has 266 valence electrons. The summed E-state index contributed by atoms with van der Waals surface area (Å²) in [6.07, 6.45) is 5.63. The highest BCUT2D eigenvalue weighted by Crippen LogP contribution is 2.49. The first-order valence-corrected chi connectivity index (χ1v) is 19.6. The fraction of sp³-hybridized carbons (Fsp3) is 0.0385. The van der Waals surface area contributed by atoms with Gasteiger partial charge in [-0.3, -0.25) is 4.57 Å². The van der Waals surface area contributed by atoms with Gasteiger partial charge >= 0.3 is 0 Å². The molecule has 1 unspecified atom stereocenters. The molecule has 0 amide bonds. The first kappa shape index (κ1) is 30.8. The molecule has 3 aromatic heterocycles. The average molecular weight is 729 g/mol. The van der Waals surface area contributed by atoms with Gasteiger partial charge in [0.1, 0.15) is 11.2 Å². The minimum absolute atomic E-state index is 0.200. The van der Waals surface area contributed by atoms with Crippen LogP contribution in [0.15, 0.2) is 180 Å². The molecular formula is C52H32N4O. The Morgan fingerprint density at radius 2 is 1.30 bits per heavy atom. The average Bonchev–Trinajstić information content (AvgIpc) is 3.93. The summed E-state index contributed by atoms with van der Waals surface area (Å²) in [4.78, 5) is 13.6. The Labute approximate surface area is 327 Å². The lowest BCUT2D eigenvalue weighted by molar-refractivity contribution is 0.672. The van der Waals surface area contributed by atoms with Crippen molar-refractivity contribution < 1.29 is 4.42 Å². The molecular weight excluding hydrogens is 697 g/mol. The lowest BCUT2D eigenvalue weighted by Gasteiger charge is -2.29. The smallest absolute Gasteiger partial charge is 0.235 e. The van der Waals surface area contributed by atoms with Gasteiger partial charge in [0.15, 0.2) is 0 Å². The van der Waals surface area contributed by atoms with Crippen molar-refractivity contribution in [3.8, 4) is 5.95 Å². The maximum absolute atomic E-state index is 6.53. The Kier molecular flexibility index (Phi) is 6.22. The van der Waals surface area contributed by atoms with E-state index in [0.29, 0.717) is 5.95 Å². The van der Waals surface area contributed by atoms with Crippen LogP contribution in [-0.4, -0.2) is 20.6 Å². The largest absolute Gasteiger partial charge is 0.455 e. The summed E-state index contributed by atoms with van der Waals surface area (Å²) in [5, 5.41) is 10.1. The predicted molar refractivity (Wildman–Crippen MR) is 236 cm³/mol. The zero-order valence-electron chi connectivity index (χ0n) is 30.7. The molecule has 1 atom stereocenters. The van der Waals surface area contributed by atoms with Crippen molar-refractivity contribution in [3.05, 3.63) is 187 Å². The number of para-hydroxylation sites is 4. The van der Waals surface area contributed by atoms with Crippen LogP contribution in [0.3, 0.4) is 0 Å². The molecule has 11 aromatic rings. The Bertz CT molecular complexity index is 3570. The van der Waals surface area contributed by atoms with Crippen molar-refractivity contribution in [2.24, 2.45) is 0 Å². The zero-order chi connectivity index (χ0) is 37.2. The Balaban J connectivity index is 1.07. The number of aromatic nitrogens is 3. The molecule has 0 saturated carbocycles. The first-order chi connectivity index (χ1) is 28.3. The third-order valence-electron chi connectivity index (χ3n) is 12.3. The standard InChI is InChI=1S/C52H32N4O/c1-2-13-34(14-3-1)55-44-19-9-6-16-36(44)42-28-33(24-27-46(42)55)49-40-26-22-31-12-4-5-15-35(31)50(40)54-52(53-49)56-45-20-10-7-17-37(45)43-30-41-32(29-47(43)56)23-25-39-38-18-8-11-21-48(38)57-51(39)41/h1-26,28-30,46H,27H2. The number of allylic oxidation sites excluding steroid dienone is 2. The van der Waals surface area contributed by atoms with Gasteiger partial charge in [0, 0.05) is 54.6 Å². The summed E-state index contributed by atoms with van der Waals surface area (Å²) in [5.41, 5.74) is 12.0. The van der Waals surface area contributed by atoms with E-state index < -0.39 is 0 Å². The number of hydrogen-bond donors (Lipinski definition) is 0. The van der Waals surface area contributed by atoms with Crippen LogP contribution in [0.25, 0.3) is 93.3 Å². The second-order valence-electron chi connectivity index (χ2n) is 15.3. The normalized spacial score (nSPS) is 15.3. The molecule has 2 aliphatic rings. The molecule has 5 heteroatoms. The van der Waals surface area contributed by atoms with E-state index >= 15 is 0 Å². The van der Waals surface area contributed by atoms with Crippen molar-refractivity contribution in [1.29, 1.82) is 0 Å². The number of furan rings is 1. The van der Waals surface area contributed by atoms with E-state index in [-0.39, 0.29) is 6.04 Å². The second-order valence-corrected chi connectivity index (χ2v) is 15.3. The van der Waals surface area contributed by atoms with E-state index in [9.17, 15) is 0 Å². The van der Waals surface area contributed by atoms with Crippen LogP contribution >= 0.6 is 0 Å². The molecule has 8 aromatic carbocycles. The highest BCUT2D eigenvalue weighted by molar-refractivity contribution is 6.21. The van der Waals surface area contributed by atoms with Crippen molar-refractivity contribution in [2.75, 3.05) is 4.90 Å². The number of benzene rings is 8. The van der Waals surface area contributed by atoms with Gasteiger partial charge in [-0.1, -0.05) is 115 Å². The summed E-state index contributed by atoms with van der Waals surface area (Å²) < 4.78 is 8.79. The van der Waals surface area contributed by atoms with Crippen LogP contribution in [-0.2, 0) is 0 Å². The van der Waals surface area contributed by atoms with E-state index in [1.54, 1.807) is 0 Å². The number of hydrogen-bond acceptors (Lipinski definition) is 4. The van der Waals surface area contributed by atoms with Gasteiger partial charge < -0.3 is 9.32 Å². The molecule has 13 rings (SSSR count). The fourth-order valence-electron chi connectivity index (χ4n) is 9.72. The summed E-state index contributed by atoms with van der Waals surface area (Å²) in [6, 6.07) is 58.6. The molecule has 0 N–H and O–H groups in total. The van der Waals surface area contributed by atoms with E-state index in [4.69, 9.17) is 14.4 Å². The fourth-order valence-corrected chi connectivity index (χ4v) is 9.72. The minimum Gasteiger partial charge on any atom is -0.455 e. The summed E-state index contributed by atoms with van der Waals surface area (Å²) in [6.45, 7) is 0. The topological polar surface area (TPSA) is 47.1 Å². The van der Waals surface area contributed by atoms with Crippen LogP contribution in [0.5, 0.6) is 0 Å². The van der Waals surface area contributed by atoms with Gasteiger partial charge in [0.2, 0.25) is 5.95 Å². The number of nitrogens with zero attached hydrogens (tertiary/aromatic N) is 4. The molecule has 0 spiro atoms. The van der Waals surface area contributed by atoms with Crippen LogP contribution in [0.4, 0.5) is 11.4 Å². The van der Waals surface area contributed by atoms with Crippen molar-refractivity contribution in [2.45, 2.75) is 12.5 Å². The maximum Gasteiger partial charge on any atom is 0.235 e. The number of anilines is 2. The summed E-state index contributed by atoms with van der Waals surface area (Å²) in [7, 11) is 0. The Hall–Kier alpha value is -7.50. The molecule has 5 nitrogen and oxygen atoms in total.